The Bertz CT molecular complexity index is 1020. The molecule has 0 atom stereocenters. The number of benzene rings is 1. The smallest absolute Gasteiger partial charge is 0.279 e. The van der Waals surface area contributed by atoms with Gasteiger partial charge in [0.25, 0.3) is 5.91 Å². The van der Waals surface area contributed by atoms with Gasteiger partial charge in [0.2, 0.25) is 6.79 Å². The average Bonchev–Trinajstić information content (AvgIpc) is 3.48. The quantitative estimate of drug-likeness (QED) is 0.650. The number of fused-ring (bicyclic) bond motifs is 1. The average molecular weight is 435 g/mol. The van der Waals surface area contributed by atoms with E-state index in [2.05, 4.69) is 25.9 Å². The highest BCUT2D eigenvalue weighted by Crippen LogP contribution is 2.36. The highest BCUT2D eigenvalue weighted by Gasteiger charge is 2.20. The van der Waals surface area contributed by atoms with Gasteiger partial charge in [-0.1, -0.05) is 5.21 Å². The fourth-order valence-electron chi connectivity index (χ4n) is 3.31. The van der Waals surface area contributed by atoms with E-state index in [1.54, 1.807) is 10.9 Å². The van der Waals surface area contributed by atoms with Gasteiger partial charge >= 0.3 is 0 Å². The second-order valence-corrected chi connectivity index (χ2v) is 7.48. The Morgan fingerprint density at radius 2 is 2.07 bits per heavy atom. The summed E-state index contributed by atoms with van der Waals surface area (Å²) >= 11 is 1.36. The van der Waals surface area contributed by atoms with Crippen molar-refractivity contribution in [2.45, 2.75) is 18.9 Å². The standard InChI is InChI=1S/C18H18N6O3S.ClH/c25-17(13-8-24(23-22-13)12-3-5-19-6-4-12)21-18-20-14(9-28-18)11-1-2-15-16(7-11)27-10-26-15;/h1-2,7-9,12,19H,3-6,10H2,(H,20,21,25);1H. The van der Waals surface area contributed by atoms with Gasteiger partial charge in [0.1, 0.15) is 0 Å². The zero-order valence-electron chi connectivity index (χ0n) is 15.3. The molecule has 2 aliphatic heterocycles. The third-order valence-corrected chi connectivity index (χ3v) is 5.58. The maximum absolute atomic E-state index is 12.5. The van der Waals surface area contributed by atoms with E-state index in [0.29, 0.717) is 16.6 Å². The first-order valence-electron chi connectivity index (χ1n) is 9.06. The summed E-state index contributed by atoms with van der Waals surface area (Å²) in [5.74, 6) is 1.11. The van der Waals surface area contributed by atoms with Gasteiger partial charge in [-0.2, -0.15) is 0 Å². The molecular weight excluding hydrogens is 416 g/mol. The molecule has 5 rings (SSSR count). The molecule has 0 saturated carbocycles. The van der Waals surface area contributed by atoms with Gasteiger partial charge in [-0.3, -0.25) is 10.1 Å². The summed E-state index contributed by atoms with van der Waals surface area (Å²) in [5.41, 5.74) is 1.95. The molecule has 9 nitrogen and oxygen atoms in total. The lowest BCUT2D eigenvalue weighted by Gasteiger charge is -2.21. The zero-order valence-corrected chi connectivity index (χ0v) is 17.0. The van der Waals surface area contributed by atoms with Crippen LogP contribution in [0.2, 0.25) is 0 Å². The molecule has 2 aliphatic rings. The Hall–Kier alpha value is -2.69. The molecule has 0 aliphatic carbocycles. The van der Waals surface area contributed by atoms with E-state index in [-0.39, 0.29) is 31.1 Å². The van der Waals surface area contributed by atoms with Crippen LogP contribution in [0.1, 0.15) is 29.4 Å². The zero-order chi connectivity index (χ0) is 18.9. The van der Waals surface area contributed by atoms with Crippen LogP contribution in [0.15, 0.2) is 29.8 Å². The van der Waals surface area contributed by atoms with E-state index in [9.17, 15) is 4.79 Å². The van der Waals surface area contributed by atoms with Crippen LogP contribution in [-0.2, 0) is 0 Å². The number of nitrogens with zero attached hydrogens (tertiary/aromatic N) is 4. The molecule has 4 heterocycles. The molecule has 29 heavy (non-hydrogen) atoms. The van der Waals surface area contributed by atoms with Gasteiger partial charge in [-0.15, -0.1) is 28.8 Å². The fourth-order valence-corrected chi connectivity index (χ4v) is 4.03. The topological polar surface area (TPSA) is 103 Å². The van der Waals surface area contributed by atoms with Gasteiger partial charge < -0.3 is 14.8 Å². The van der Waals surface area contributed by atoms with E-state index in [1.165, 1.54) is 11.3 Å². The lowest BCUT2D eigenvalue weighted by molar-refractivity contribution is 0.102. The number of anilines is 1. The number of halogens is 1. The number of thiazole rings is 1. The molecule has 152 valence electrons. The van der Waals surface area contributed by atoms with Crippen LogP contribution in [0.4, 0.5) is 5.13 Å². The van der Waals surface area contributed by atoms with E-state index in [1.807, 2.05) is 23.6 Å². The Balaban J connectivity index is 0.00000205. The number of carbonyl (C=O) groups is 1. The third kappa shape index (κ3) is 4.04. The molecule has 0 radical (unpaired) electrons. The molecule has 2 aromatic heterocycles. The third-order valence-electron chi connectivity index (χ3n) is 4.82. The van der Waals surface area contributed by atoms with Crippen LogP contribution in [0.5, 0.6) is 11.5 Å². The Morgan fingerprint density at radius 1 is 1.24 bits per heavy atom. The van der Waals surface area contributed by atoms with Crippen LogP contribution in [0, 0.1) is 0 Å². The molecule has 3 aromatic rings. The first-order chi connectivity index (χ1) is 13.8. The van der Waals surface area contributed by atoms with Gasteiger partial charge in [0.15, 0.2) is 22.3 Å². The minimum atomic E-state index is -0.313. The predicted molar refractivity (Wildman–Crippen MR) is 110 cm³/mol. The molecule has 1 saturated heterocycles. The summed E-state index contributed by atoms with van der Waals surface area (Å²) in [5, 5.41) is 16.7. The maximum atomic E-state index is 12.5. The lowest BCUT2D eigenvalue weighted by Crippen LogP contribution is -2.29. The number of hydrogen-bond donors (Lipinski definition) is 2. The highest BCUT2D eigenvalue weighted by molar-refractivity contribution is 7.14. The van der Waals surface area contributed by atoms with Crippen molar-refractivity contribution < 1.29 is 14.3 Å². The summed E-state index contributed by atoms with van der Waals surface area (Å²) in [6.07, 6.45) is 3.67. The van der Waals surface area contributed by atoms with Gasteiger partial charge in [-0.05, 0) is 44.1 Å². The van der Waals surface area contributed by atoms with Crippen molar-refractivity contribution in [3.05, 3.63) is 35.5 Å². The first-order valence-corrected chi connectivity index (χ1v) is 9.94. The number of piperidine rings is 1. The van der Waals surface area contributed by atoms with Crippen molar-refractivity contribution in [2.24, 2.45) is 0 Å². The van der Waals surface area contributed by atoms with E-state index in [0.717, 1.165) is 42.9 Å². The molecule has 2 N–H and O–H groups in total. The first kappa shape index (κ1) is 19.6. The molecule has 0 bridgehead atoms. The Labute approximate surface area is 176 Å². The maximum Gasteiger partial charge on any atom is 0.279 e. The molecule has 1 amide bonds. The number of ether oxygens (including phenoxy) is 2. The summed E-state index contributed by atoms with van der Waals surface area (Å²) in [4.78, 5) is 17.0. The molecule has 1 aromatic carbocycles. The van der Waals surface area contributed by atoms with Crippen molar-refractivity contribution in [1.29, 1.82) is 0 Å². The number of amides is 1. The molecule has 1 fully saturated rings. The molecular formula is C18H19ClN6O3S. The summed E-state index contributed by atoms with van der Waals surface area (Å²) < 4.78 is 12.5. The number of rotatable bonds is 4. The van der Waals surface area contributed by atoms with Crippen molar-refractivity contribution in [1.82, 2.24) is 25.3 Å². The fraction of sp³-hybridized carbons (Fsp3) is 0.333. The van der Waals surface area contributed by atoms with E-state index in [4.69, 9.17) is 9.47 Å². The normalized spacial score (nSPS) is 15.7. The Kier molecular flexibility index (Phi) is 5.65. The predicted octanol–water partition coefficient (Wildman–Crippen LogP) is 2.73. The van der Waals surface area contributed by atoms with Gasteiger partial charge in [-0.25, -0.2) is 9.67 Å². The Morgan fingerprint density at radius 3 is 2.93 bits per heavy atom. The SMILES string of the molecule is Cl.O=C(Nc1nc(-c2ccc3c(c2)OCO3)cs1)c1cn(C2CCNCC2)nn1. The minimum Gasteiger partial charge on any atom is -0.454 e. The monoisotopic (exact) mass is 434 g/mol. The van der Waals surface area contributed by atoms with Crippen LogP contribution < -0.4 is 20.1 Å². The minimum absolute atomic E-state index is 0. The summed E-state index contributed by atoms with van der Waals surface area (Å²) in [6.45, 7) is 2.14. The van der Waals surface area contributed by atoms with Crippen molar-refractivity contribution in [3.8, 4) is 22.8 Å². The number of carbonyl (C=O) groups excluding carboxylic acids is 1. The van der Waals surface area contributed by atoms with Crippen molar-refractivity contribution >= 4 is 34.8 Å². The van der Waals surface area contributed by atoms with Gasteiger partial charge in [0, 0.05) is 10.9 Å². The lowest BCUT2D eigenvalue weighted by atomic mass is 10.1. The highest BCUT2D eigenvalue weighted by atomic mass is 35.5. The molecule has 11 heteroatoms. The van der Waals surface area contributed by atoms with Crippen LogP contribution >= 0.6 is 23.7 Å². The molecule has 0 unspecified atom stereocenters. The van der Waals surface area contributed by atoms with E-state index < -0.39 is 0 Å². The second kappa shape index (κ2) is 8.36. The van der Waals surface area contributed by atoms with E-state index >= 15 is 0 Å². The van der Waals surface area contributed by atoms with Gasteiger partial charge in [0.05, 0.1) is 17.9 Å². The summed E-state index contributed by atoms with van der Waals surface area (Å²) in [7, 11) is 0. The van der Waals surface area contributed by atoms with Crippen LogP contribution in [0.25, 0.3) is 11.3 Å². The van der Waals surface area contributed by atoms with Crippen LogP contribution in [0.3, 0.4) is 0 Å². The largest absolute Gasteiger partial charge is 0.454 e. The van der Waals surface area contributed by atoms with Crippen molar-refractivity contribution in [2.75, 3.05) is 25.2 Å². The molecule has 0 spiro atoms. The number of nitrogens with one attached hydrogen (secondary N) is 2. The van der Waals surface area contributed by atoms with Crippen molar-refractivity contribution in [3.63, 3.8) is 0 Å². The number of hydrogen-bond acceptors (Lipinski definition) is 8. The second-order valence-electron chi connectivity index (χ2n) is 6.63. The summed E-state index contributed by atoms with van der Waals surface area (Å²) in [6, 6.07) is 5.94. The number of aromatic nitrogens is 4. The van der Waals surface area contributed by atoms with Crippen LogP contribution in [-0.4, -0.2) is 45.8 Å².